The lowest BCUT2D eigenvalue weighted by Gasteiger charge is -2.07. The summed E-state index contributed by atoms with van der Waals surface area (Å²) in [5.41, 5.74) is 3.02. The van der Waals surface area contributed by atoms with Crippen molar-refractivity contribution in [3.63, 3.8) is 0 Å². The highest BCUT2D eigenvalue weighted by Gasteiger charge is 2.10. The topological polar surface area (TPSA) is 64.2 Å². The second kappa shape index (κ2) is 7.23. The van der Waals surface area contributed by atoms with Gasteiger partial charge in [-0.05, 0) is 23.8 Å². The minimum Gasteiger partial charge on any atom is -0.497 e. The number of rotatable bonds is 7. The Balaban J connectivity index is 1.83. The quantitative estimate of drug-likeness (QED) is 0.700. The molecule has 0 amide bonds. The monoisotopic (exact) mass is 326 g/mol. The maximum absolute atomic E-state index is 9.28. The van der Waals surface area contributed by atoms with Gasteiger partial charge in [0.2, 0.25) is 0 Å². The van der Waals surface area contributed by atoms with Crippen molar-refractivity contribution in [1.29, 1.82) is 0 Å². The summed E-state index contributed by atoms with van der Waals surface area (Å²) < 4.78 is 9.08. The molecule has 0 aliphatic heterocycles. The predicted octanol–water partition coefficient (Wildman–Crippen LogP) is 2.50. The van der Waals surface area contributed by atoms with Crippen LogP contribution in [0.3, 0.4) is 0 Å². The third-order valence-corrected chi connectivity index (χ3v) is 3.82. The number of aliphatic hydroxyl groups excluding tert-OH is 1. The summed E-state index contributed by atoms with van der Waals surface area (Å²) in [7, 11) is 3.65. The minimum atomic E-state index is 0.0409. The number of aliphatic hydroxyl groups is 1. The molecule has 0 spiro atoms. The Bertz CT molecular complexity index is 807. The van der Waals surface area contributed by atoms with Gasteiger partial charge in [-0.15, -0.1) is 0 Å². The first-order chi connectivity index (χ1) is 11.7. The lowest BCUT2D eigenvalue weighted by Crippen LogP contribution is -2.10. The molecule has 3 aromatic rings. The van der Waals surface area contributed by atoms with E-state index in [0.29, 0.717) is 13.1 Å². The molecule has 0 atom stereocenters. The van der Waals surface area contributed by atoms with Crippen molar-refractivity contribution in [3.05, 3.63) is 54.4 Å². The summed E-state index contributed by atoms with van der Waals surface area (Å²) in [5, 5.41) is 17.3. The molecule has 0 aliphatic carbocycles. The van der Waals surface area contributed by atoms with Crippen molar-refractivity contribution in [2.75, 3.05) is 19.0 Å². The molecule has 2 N–H and O–H groups in total. The smallest absolute Gasteiger partial charge is 0.125 e. The highest BCUT2D eigenvalue weighted by molar-refractivity contribution is 5.64. The molecule has 1 aromatic carbocycles. The van der Waals surface area contributed by atoms with Gasteiger partial charge >= 0.3 is 0 Å². The zero-order chi connectivity index (χ0) is 16.9. The molecular formula is C18H22N4O2. The van der Waals surface area contributed by atoms with E-state index in [2.05, 4.69) is 22.7 Å². The molecule has 6 heteroatoms. The van der Waals surface area contributed by atoms with Gasteiger partial charge in [-0.25, -0.2) is 4.68 Å². The van der Waals surface area contributed by atoms with Gasteiger partial charge in [0.15, 0.2) is 0 Å². The zero-order valence-electron chi connectivity index (χ0n) is 13.9. The highest BCUT2D eigenvalue weighted by atomic mass is 16.5. The second-order valence-electron chi connectivity index (χ2n) is 5.63. The predicted molar refractivity (Wildman–Crippen MR) is 94.0 cm³/mol. The third kappa shape index (κ3) is 3.60. The first kappa shape index (κ1) is 16.1. The number of methoxy groups -OCH3 is 1. The molecule has 0 unspecified atom stereocenters. The summed E-state index contributed by atoms with van der Waals surface area (Å²) in [5.74, 6) is 1.67. The van der Waals surface area contributed by atoms with Gasteiger partial charge in [-0.3, -0.25) is 0 Å². The number of aryl methyl sites for hydroxylation is 1. The van der Waals surface area contributed by atoms with Crippen molar-refractivity contribution in [1.82, 2.24) is 14.3 Å². The van der Waals surface area contributed by atoms with E-state index in [1.54, 1.807) is 11.8 Å². The standard InChI is InChI=1S/C18H22N4O2/c1-21-7-6-14(13-21)12-19-18-11-17(20-22(18)8-9-23)15-4-3-5-16(10-15)24-2/h3-7,10-11,13,19,23H,8-9,12H2,1-2H3. The molecule has 0 bridgehead atoms. The Kier molecular flexibility index (Phi) is 4.86. The number of anilines is 1. The van der Waals surface area contributed by atoms with Crippen LogP contribution in [-0.2, 0) is 20.1 Å². The van der Waals surface area contributed by atoms with Crippen LogP contribution in [-0.4, -0.2) is 33.2 Å². The number of benzene rings is 1. The molecule has 2 heterocycles. The van der Waals surface area contributed by atoms with E-state index in [1.807, 2.05) is 48.1 Å². The van der Waals surface area contributed by atoms with Crippen LogP contribution in [0.15, 0.2) is 48.8 Å². The first-order valence-electron chi connectivity index (χ1n) is 7.87. The van der Waals surface area contributed by atoms with Crippen molar-refractivity contribution >= 4 is 5.82 Å². The average Bonchev–Trinajstić information content (AvgIpc) is 3.20. The molecule has 6 nitrogen and oxygen atoms in total. The fourth-order valence-electron chi connectivity index (χ4n) is 2.61. The van der Waals surface area contributed by atoms with Crippen LogP contribution in [0.4, 0.5) is 5.82 Å². The molecule has 0 saturated carbocycles. The van der Waals surface area contributed by atoms with Crippen LogP contribution in [0.2, 0.25) is 0 Å². The number of hydrogen-bond donors (Lipinski definition) is 2. The molecule has 0 fully saturated rings. The van der Waals surface area contributed by atoms with Crippen LogP contribution >= 0.6 is 0 Å². The largest absolute Gasteiger partial charge is 0.497 e. The summed E-state index contributed by atoms with van der Waals surface area (Å²) in [6, 6.07) is 11.9. The summed E-state index contributed by atoms with van der Waals surface area (Å²) >= 11 is 0. The van der Waals surface area contributed by atoms with E-state index in [0.717, 1.165) is 22.8 Å². The third-order valence-electron chi connectivity index (χ3n) is 3.82. The van der Waals surface area contributed by atoms with Gasteiger partial charge in [0, 0.05) is 37.6 Å². The Morgan fingerprint density at radius 2 is 2.12 bits per heavy atom. The summed E-state index contributed by atoms with van der Waals surface area (Å²) in [6.45, 7) is 1.19. The van der Waals surface area contributed by atoms with E-state index in [-0.39, 0.29) is 6.61 Å². The normalized spacial score (nSPS) is 10.8. The van der Waals surface area contributed by atoms with Crippen LogP contribution < -0.4 is 10.1 Å². The number of nitrogens with one attached hydrogen (secondary N) is 1. The van der Waals surface area contributed by atoms with Gasteiger partial charge in [0.1, 0.15) is 11.6 Å². The van der Waals surface area contributed by atoms with Crippen molar-refractivity contribution in [3.8, 4) is 17.0 Å². The van der Waals surface area contributed by atoms with Crippen LogP contribution in [0, 0.1) is 0 Å². The molecule has 3 rings (SSSR count). The van der Waals surface area contributed by atoms with Gasteiger partial charge in [0.25, 0.3) is 0 Å². The maximum Gasteiger partial charge on any atom is 0.125 e. The highest BCUT2D eigenvalue weighted by Crippen LogP contribution is 2.25. The van der Waals surface area contributed by atoms with Crippen LogP contribution in [0.25, 0.3) is 11.3 Å². The summed E-state index contributed by atoms with van der Waals surface area (Å²) in [6.07, 6.45) is 4.09. The molecule has 0 saturated heterocycles. The first-order valence-corrected chi connectivity index (χ1v) is 7.87. The Morgan fingerprint density at radius 3 is 2.83 bits per heavy atom. The van der Waals surface area contributed by atoms with Crippen LogP contribution in [0.5, 0.6) is 5.75 Å². The van der Waals surface area contributed by atoms with Gasteiger partial charge in [0.05, 0.1) is 26.0 Å². The molecule has 0 aliphatic rings. The Morgan fingerprint density at radius 1 is 1.25 bits per heavy atom. The lowest BCUT2D eigenvalue weighted by molar-refractivity contribution is 0.270. The van der Waals surface area contributed by atoms with Gasteiger partial charge in [-0.1, -0.05) is 12.1 Å². The molecule has 126 valence electrons. The SMILES string of the molecule is COc1cccc(-c2cc(NCc3ccn(C)c3)n(CCO)n2)c1. The fraction of sp³-hybridized carbons (Fsp3) is 0.278. The molecule has 24 heavy (non-hydrogen) atoms. The zero-order valence-corrected chi connectivity index (χ0v) is 13.9. The van der Waals surface area contributed by atoms with E-state index in [9.17, 15) is 5.11 Å². The van der Waals surface area contributed by atoms with Gasteiger partial charge < -0.3 is 19.7 Å². The van der Waals surface area contributed by atoms with Crippen molar-refractivity contribution in [2.24, 2.45) is 7.05 Å². The van der Waals surface area contributed by atoms with E-state index < -0.39 is 0 Å². The number of hydrogen-bond acceptors (Lipinski definition) is 4. The summed E-state index contributed by atoms with van der Waals surface area (Å²) in [4.78, 5) is 0. The fourth-order valence-corrected chi connectivity index (χ4v) is 2.61. The van der Waals surface area contributed by atoms with Crippen LogP contribution in [0.1, 0.15) is 5.56 Å². The minimum absolute atomic E-state index is 0.0409. The number of aromatic nitrogens is 3. The van der Waals surface area contributed by atoms with Crippen molar-refractivity contribution < 1.29 is 9.84 Å². The lowest BCUT2D eigenvalue weighted by atomic mass is 10.1. The van der Waals surface area contributed by atoms with E-state index in [4.69, 9.17) is 4.74 Å². The number of nitrogens with zero attached hydrogens (tertiary/aromatic N) is 3. The Hall–Kier alpha value is -2.73. The van der Waals surface area contributed by atoms with Gasteiger partial charge in [-0.2, -0.15) is 5.10 Å². The second-order valence-corrected chi connectivity index (χ2v) is 5.63. The van der Waals surface area contributed by atoms with Crippen molar-refractivity contribution in [2.45, 2.75) is 13.1 Å². The average molecular weight is 326 g/mol. The molecule has 2 aromatic heterocycles. The molecule has 0 radical (unpaired) electrons. The Labute approximate surface area is 141 Å². The number of ether oxygens (including phenoxy) is 1. The van der Waals surface area contributed by atoms with E-state index in [1.165, 1.54) is 5.56 Å². The van der Waals surface area contributed by atoms with E-state index >= 15 is 0 Å². The molecular weight excluding hydrogens is 304 g/mol. The maximum atomic E-state index is 9.28.